The molecule has 0 bridgehead atoms. The number of carbonyl (C=O) groups is 1. The lowest BCUT2D eigenvalue weighted by atomic mass is 10.1. The van der Waals surface area contributed by atoms with E-state index in [1.165, 1.54) is 35.0 Å². The van der Waals surface area contributed by atoms with Crippen LogP contribution in [0, 0.1) is 17.0 Å². The second-order valence-electron chi connectivity index (χ2n) is 6.42. The van der Waals surface area contributed by atoms with E-state index >= 15 is 0 Å². The summed E-state index contributed by atoms with van der Waals surface area (Å²) in [4.78, 5) is 47.8. The van der Waals surface area contributed by atoms with Crippen molar-refractivity contribution in [1.29, 1.82) is 0 Å². The van der Waals surface area contributed by atoms with Crippen LogP contribution >= 0.6 is 0 Å². The van der Waals surface area contributed by atoms with Crippen LogP contribution in [0.15, 0.2) is 40.1 Å². The van der Waals surface area contributed by atoms with E-state index in [1.807, 2.05) is 0 Å². The van der Waals surface area contributed by atoms with Gasteiger partial charge in [0.05, 0.1) is 11.0 Å². The van der Waals surface area contributed by atoms with Crippen LogP contribution in [-0.2, 0) is 4.74 Å². The molecule has 1 fully saturated rings. The zero-order valence-electron chi connectivity index (χ0n) is 14.8. The molecule has 1 aromatic heterocycles. The first kappa shape index (κ1) is 19.5. The van der Waals surface area contributed by atoms with Gasteiger partial charge in [-0.15, -0.1) is 0 Å². The van der Waals surface area contributed by atoms with Gasteiger partial charge in [-0.3, -0.25) is 29.3 Å². The number of nitro benzene ring substituents is 1. The lowest BCUT2D eigenvalue weighted by molar-refractivity contribution is -0.384. The first-order valence-electron chi connectivity index (χ1n) is 8.44. The minimum atomic E-state index is -0.929. The maximum absolute atomic E-state index is 12.2. The summed E-state index contributed by atoms with van der Waals surface area (Å²) in [5.74, 6) is -0.480. The number of aromatic nitrogens is 2. The Hall–Kier alpha value is -3.31. The fourth-order valence-corrected chi connectivity index (χ4v) is 2.90. The molecule has 1 unspecified atom stereocenters. The van der Waals surface area contributed by atoms with Crippen LogP contribution in [0.5, 0.6) is 0 Å². The van der Waals surface area contributed by atoms with E-state index < -0.39 is 40.5 Å². The standard InChI is InChI=1S/C17H18N4O7/c1-9-8-20(17(25)19-15(9)23)14-6-12(22)13(28-14)7-18-16(24)10-2-4-11(5-3-10)21(26)27/h2-5,8,12-14,22H,6-7H2,1H3,(H,18,24)(H,19,23,25)/t12?,13-,14-/m1/s1. The Balaban J connectivity index is 1.63. The predicted molar refractivity (Wildman–Crippen MR) is 96.0 cm³/mol. The van der Waals surface area contributed by atoms with Gasteiger partial charge < -0.3 is 15.2 Å². The molecule has 1 aliphatic rings. The summed E-state index contributed by atoms with van der Waals surface area (Å²) in [5.41, 5.74) is -0.722. The number of nitrogens with zero attached hydrogens (tertiary/aromatic N) is 2. The Morgan fingerprint density at radius 2 is 2.07 bits per heavy atom. The first-order chi connectivity index (χ1) is 13.3. The van der Waals surface area contributed by atoms with E-state index in [0.717, 1.165) is 0 Å². The first-order valence-corrected chi connectivity index (χ1v) is 8.44. The van der Waals surface area contributed by atoms with Gasteiger partial charge in [0, 0.05) is 42.4 Å². The van der Waals surface area contributed by atoms with Crippen LogP contribution in [0.3, 0.4) is 0 Å². The van der Waals surface area contributed by atoms with Crippen molar-refractivity contribution in [3.8, 4) is 0 Å². The maximum Gasteiger partial charge on any atom is 0.330 e. The molecule has 2 heterocycles. The van der Waals surface area contributed by atoms with Gasteiger partial charge in [-0.2, -0.15) is 0 Å². The van der Waals surface area contributed by atoms with E-state index in [1.54, 1.807) is 6.92 Å². The third-order valence-electron chi connectivity index (χ3n) is 4.46. The number of non-ortho nitro benzene ring substituents is 1. The lowest BCUT2D eigenvalue weighted by Gasteiger charge is -2.17. The number of benzene rings is 1. The summed E-state index contributed by atoms with van der Waals surface area (Å²) in [6, 6.07) is 5.09. The number of H-pyrrole nitrogens is 1. The van der Waals surface area contributed by atoms with Crippen molar-refractivity contribution in [2.24, 2.45) is 0 Å². The molecule has 2 aromatic rings. The van der Waals surface area contributed by atoms with Crippen LogP contribution in [-0.4, -0.2) is 44.2 Å². The Morgan fingerprint density at radius 3 is 2.71 bits per heavy atom. The Bertz CT molecular complexity index is 1010. The molecule has 1 aliphatic heterocycles. The topological polar surface area (TPSA) is 157 Å². The highest BCUT2D eigenvalue weighted by atomic mass is 16.6. The van der Waals surface area contributed by atoms with E-state index in [4.69, 9.17) is 4.74 Å². The molecule has 3 N–H and O–H groups in total. The Morgan fingerprint density at radius 1 is 1.39 bits per heavy atom. The van der Waals surface area contributed by atoms with Gasteiger partial charge in [-0.05, 0) is 19.1 Å². The van der Waals surface area contributed by atoms with E-state index in [0.29, 0.717) is 5.56 Å². The van der Waals surface area contributed by atoms with E-state index in [-0.39, 0.29) is 24.2 Å². The van der Waals surface area contributed by atoms with Crippen molar-refractivity contribution >= 4 is 11.6 Å². The highest BCUT2D eigenvalue weighted by molar-refractivity contribution is 5.94. The SMILES string of the molecule is Cc1cn([C@H]2CC(O)[C@@H](CNC(=O)c3ccc([N+](=O)[O-])cc3)O2)c(=O)[nH]c1=O. The number of nitro groups is 1. The van der Waals surface area contributed by atoms with Crippen molar-refractivity contribution in [3.63, 3.8) is 0 Å². The van der Waals surface area contributed by atoms with Crippen LogP contribution < -0.4 is 16.6 Å². The van der Waals surface area contributed by atoms with Crippen LogP contribution in [0.25, 0.3) is 0 Å². The average molecular weight is 390 g/mol. The average Bonchev–Trinajstić information content (AvgIpc) is 3.03. The van der Waals surface area contributed by atoms with Gasteiger partial charge in [0.2, 0.25) is 0 Å². The molecule has 0 spiro atoms. The Kier molecular flexibility index (Phi) is 5.38. The summed E-state index contributed by atoms with van der Waals surface area (Å²) in [7, 11) is 0. The van der Waals surface area contributed by atoms with Crippen molar-refractivity contribution in [2.45, 2.75) is 31.8 Å². The second kappa shape index (κ2) is 7.74. The molecular weight excluding hydrogens is 372 g/mol. The quantitative estimate of drug-likeness (QED) is 0.472. The predicted octanol–water partition coefficient (Wildman–Crippen LogP) is -0.168. The third kappa shape index (κ3) is 4.00. The third-order valence-corrected chi connectivity index (χ3v) is 4.46. The summed E-state index contributed by atoms with van der Waals surface area (Å²) in [6.45, 7) is 1.52. The summed E-state index contributed by atoms with van der Waals surface area (Å²) in [6.07, 6.45) is -0.994. The van der Waals surface area contributed by atoms with Crippen molar-refractivity contribution < 1.29 is 19.6 Å². The molecule has 0 radical (unpaired) electrons. The number of aromatic amines is 1. The molecule has 1 saturated heterocycles. The number of nitrogens with one attached hydrogen (secondary N) is 2. The summed E-state index contributed by atoms with van der Waals surface area (Å²) >= 11 is 0. The van der Waals surface area contributed by atoms with E-state index in [9.17, 15) is 29.6 Å². The number of carbonyl (C=O) groups excluding carboxylic acids is 1. The van der Waals surface area contributed by atoms with Gasteiger partial charge >= 0.3 is 5.69 Å². The molecule has 0 aliphatic carbocycles. The smallest absolute Gasteiger partial charge is 0.330 e. The fourth-order valence-electron chi connectivity index (χ4n) is 2.90. The fraction of sp³-hybridized carbons (Fsp3) is 0.353. The molecule has 11 nitrogen and oxygen atoms in total. The maximum atomic E-state index is 12.2. The molecule has 0 saturated carbocycles. The Labute approximate surface area is 157 Å². The second-order valence-corrected chi connectivity index (χ2v) is 6.42. The van der Waals surface area contributed by atoms with Crippen LogP contribution in [0.1, 0.15) is 28.6 Å². The number of ether oxygens (including phenoxy) is 1. The molecule has 28 heavy (non-hydrogen) atoms. The van der Waals surface area contributed by atoms with Crippen molar-refractivity contribution in [1.82, 2.24) is 14.9 Å². The zero-order chi connectivity index (χ0) is 20.4. The van der Waals surface area contributed by atoms with Gasteiger partial charge in [0.25, 0.3) is 17.2 Å². The van der Waals surface area contributed by atoms with E-state index in [2.05, 4.69) is 10.3 Å². The zero-order valence-corrected chi connectivity index (χ0v) is 14.8. The number of rotatable bonds is 5. The minimum absolute atomic E-state index is 0.0232. The normalized spacial score (nSPS) is 21.4. The van der Waals surface area contributed by atoms with Gasteiger partial charge in [-0.25, -0.2) is 4.79 Å². The number of amides is 1. The molecule has 11 heteroatoms. The number of hydrogen-bond donors (Lipinski definition) is 3. The highest BCUT2D eigenvalue weighted by Gasteiger charge is 2.35. The monoisotopic (exact) mass is 390 g/mol. The highest BCUT2D eigenvalue weighted by Crippen LogP contribution is 2.27. The number of hydrogen-bond acceptors (Lipinski definition) is 7. The van der Waals surface area contributed by atoms with Crippen LogP contribution in [0.2, 0.25) is 0 Å². The molecular formula is C17H18N4O7. The van der Waals surface area contributed by atoms with Gasteiger partial charge in [-0.1, -0.05) is 0 Å². The summed E-state index contributed by atoms with van der Waals surface area (Å²) < 4.78 is 6.85. The van der Waals surface area contributed by atoms with Crippen LogP contribution in [0.4, 0.5) is 5.69 Å². The molecule has 1 aromatic carbocycles. The lowest BCUT2D eigenvalue weighted by Crippen LogP contribution is -2.37. The number of aryl methyl sites for hydroxylation is 1. The number of aliphatic hydroxyl groups is 1. The van der Waals surface area contributed by atoms with Crippen molar-refractivity contribution in [3.05, 3.63) is 72.5 Å². The van der Waals surface area contributed by atoms with Crippen molar-refractivity contribution in [2.75, 3.05) is 6.54 Å². The van der Waals surface area contributed by atoms with Gasteiger partial charge in [0.1, 0.15) is 12.3 Å². The van der Waals surface area contributed by atoms with Gasteiger partial charge in [0.15, 0.2) is 0 Å². The molecule has 3 atom stereocenters. The number of aliphatic hydroxyl groups excluding tert-OH is 1. The largest absolute Gasteiger partial charge is 0.390 e. The summed E-state index contributed by atoms with van der Waals surface area (Å²) in [5, 5.41) is 23.4. The molecule has 148 valence electrons. The minimum Gasteiger partial charge on any atom is -0.390 e. The molecule has 1 amide bonds. The molecule has 3 rings (SSSR count).